The van der Waals surface area contributed by atoms with Crippen molar-refractivity contribution >= 4 is 0 Å². The van der Waals surface area contributed by atoms with Gasteiger partial charge in [-0.3, -0.25) is 0 Å². The molecule has 0 N–H and O–H groups in total. The van der Waals surface area contributed by atoms with Gasteiger partial charge in [0.15, 0.2) is 0 Å². The highest BCUT2D eigenvalue weighted by Gasteiger charge is 1.76. The first-order valence-electron chi connectivity index (χ1n) is 1.84. The highest BCUT2D eigenvalue weighted by molar-refractivity contribution is 4.94. The molecule has 0 fully saturated rings. The summed E-state index contributed by atoms with van der Waals surface area (Å²) < 4.78 is 0. The Kier molecular flexibility index (Phi) is 0.978. The summed E-state index contributed by atoms with van der Waals surface area (Å²) in [6, 6.07) is 0. The van der Waals surface area contributed by atoms with Crippen LogP contribution in [0.25, 0.3) is 0 Å². The SMILES string of the molecule is [CH2]c1cnncn1. The van der Waals surface area contributed by atoms with E-state index in [-0.39, 0.29) is 0 Å². The van der Waals surface area contributed by atoms with Crippen LogP contribution >= 0.6 is 0 Å². The Balaban J connectivity index is 3.02. The monoisotopic (exact) mass is 94.0 g/mol. The second kappa shape index (κ2) is 1.64. The molecule has 0 atom stereocenters. The number of hydrogen-bond donors (Lipinski definition) is 0. The minimum Gasteiger partial charge on any atom is -0.238 e. The molecule has 3 nitrogen and oxygen atoms in total. The highest BCUT2D eigenvalue weighted by atomic mass is 15.1. The fourth-order valence-corrected chi connectivity index (χ4v) is 0.263. The first-order valence-corrected chi connectivity index (χ1v) is 1.84. The lowest BCUT2D eigenvalue weighted by molar-refractivity contribution is 0.954. The molecule has 0 aliphatic carbocycles. The quantitative estimate of drug-likeness (QED) is 0.456. The molecule has 0 bridgehead atoms. The fraction of sp³-hybridized carbons (Fsp3) is 0. The largest absolute Gasteiger partial charge is 0.238 e. The molecule has 0 aromatic carbocycles. The standard InChI is InChI=1S/C4H4N3/c1-4-2-6-7-3-5-4/h2-3H,1H2. The van der Waals surface area contributed by atoms with Crippen molar-refractivity contribution in [2.75, 3.05) is 0 Å². The second-order valence-corrected chi connectivity index (χ2v) is 1.10. The molecule has 0 aliphatic heterocycles. The summed E-state index contributed by atoms with van der Waals surface area (Å²) in [5, 5.41) is 6.95. The maximum atomic E-state index is 3.69. The summed E-state index contributed by atoms with van der Waals surface area (Å²) >= 11 is 0. The minimum atomic E-state index is 0.648. The van der Waals surface area contributed by atoms with Gasteiger partial charge in [-0.05, 0) is 6.92 Å². The van der Waals surface area contributed by atoms with Crippen LogP contribution in [0.1, 0.15) is 5.69 Å². The third-order valence-electron chi connectivity index (χ3n) is 0.549. The summed E-state index contributed by atoms with van der Waals surface area (Å²) in [5.41, 5.74) is 0.648. The summed E-state index contributed by atoms with van der Waals surface area (Å²) in [4.78, 5) is 3.69. The lowest BCUT2D eigenvalue weighted by Crippen LogP contribution is -1.83. The molecule has 0 saturated heterocycles. The third kappa shape index (κ3) is 0.924. The zero-order chi connectivity index (χ0) is 5.11. The van der Waals surface area contributed by atoms with E-state index in [9.17, 15) is 0 Å². The Bertz CT molecular complexity index is 137. The van der Waals surface area contributed by atoms with Gasteiger partial charge in [0.2, 0.25) is 0 Å². The summed E-state index contributed by atoms with van der Waals surface area (Å²) in [5.74, 6) is 0. The van der Waals surface area contributed by atoms with Crippen molar-refractivity contribution in [1.82, 2.24) is 15.2 Å². The van der Waals surface area contributed by atoms with Crippen LogP contribution in [0.4, 0.5) is 0 Å². The van der Waals surface area contributed by atoms with Crippen molar-refractivity contribution in [2.24, 2.45) is 0 Å². The molecule has 0 saturated carbocycles. The smallest absolute Gasteiger partial charge is 0.138 e. The van der Waals surface area contributed by atoms with Crippen LogP contribution in [0.3, 0.4) is 0 Å². The van der Waals surface area contributed by atoms with Crippen LogP contribution < -0.4 is 0 Å². The Morgan fingerprint density at radius 2 is 2.29 bits per heavy atom. The Hall–Kier alpha value is -0.990. The predicted octanol–water partition coefficient (Wildman–Crippen LogP) is 0.0538. The average molecular weight is 94.1 g/mol. The molecule has 0 amide bonds. The molecule has 35 valence electrons. The zero-order valence-corrected chi connectivity index (χ0v) is 3.70. The van der Waals surface area contributed by atoms with Crippen molar-refractivity contribution < 1.29 is 0 Å². The summed E-state index contributed by atoms with van der Waals surface area (Å²) in [6.07, 6.45) is 2.86. The van der Waals surface area contributed by atoms with E-state index >= 15 is 0 Å². The van der Waals surface area contributed by atoms with Crippen LogP contribution in [0.5, 0.6) is 0 Å². The Labute approximate surface area is 41.4 Å². The summed E-state index contributed by atoms with van der Waals surface area (Å²) in [6.45, 7) is 3.51. The number of rotatable bonds is 0. The van der Waals surface area contributed by atoms with Gasteiger partial charge >= 0.3 is 0 Å². The summed E-state index contributed by atoms with van der Waals surface area (Å²) in [7, 11) is 0. The minimum absolute atomic E-state index is 0.648. The molecule has 1 radical (unpaired) electrons. The van der Waals surface area contributed by atoms with Crippen molar-refractivity contribution in [1.29, 1.82) is 0 Å². The van der Waals surface area contributed by atoms with Crippen molar-refractivity contribution in [3.63, 3.8) is 0 Å². The molecule has 0 aliphatic rings. The van der Waals surface area contributed by atoms with Gasteiger partial charge in [0.05, 0.1) is 11.9 Å². The fourth-order valence-electron chi connectivity index (χ4n) is 0.263. The van der Waals surface area contributed by atoms with E-state index in [0.29, 0.717) is 5.69 Å². The van der Waals surface area contributed by atoms with Gasteiger partial charge in [0, 0.05) is 0 Å². The molecule has 0 unspecified atom stereocenters. The average Bonchev–Trinajstić information content (AvgIpc) is 1.69. The van der Waals surface area contributed by atoms with E-state index in [1.165, 1.54) is 12.5 Å². The molecule has 1 aromatic heterocycles. The van der Waals surface area contributed by atoms with Crippen LogP contribution in [-0.4, -0.2) is 15.2 Å². The van der Waals surface area contributed by atoms with E-state index in [0.717, 1.165) is 0 Å². The molecule has 7 heavy (non-hydrogen) atoms. The second-order valence-electron chi connectivity index (χ2n) is 1.10. The van der Waals surface area contributed by atoms with Gasteiger partial charge in [-0.1, -0.05) is 0 Å². The van der Waals surface area contributed by atoms with Gasteiger partial charge in [-0.15, -0.1) is 5.10 Å². The van der Waals surface area contributed by atoms with Crippen molar-refractivity contribution in [3.8, 4) is 0 Å². The van der Waals surface area contributed by atoms with E-state index in [2.05, 4.69) is 22.1 Å². The van der Waals surface area contributed by atoms with E-state index in [1.807, 2.05) is 0 Å². The lowest BCUT2D eigenvalue weighted by Gasteiger charge is -1.80. The van der Waals surface area contributed by atoms with Crippen LogP contribution in [-0.2, 0) is 0 Å². The first kappa shape index (κ1) is 4.18. The molecule has 1 heterocycles. The molecule has 0 spiro atoms. The third-order valence-corrected chi connectivity index (χ3v) is 0.549. The number of hydrogen-bond acceptors (Lipinski definition) is 3. The van der Waals surface area contributed by atoms with E-state index in [1.54, 1.807) is 0 Å². The number of nitrogens with zero attached hydrogens (tertiary/aromatic N) is 3. The van der Waals surface area contributed by atoms with Crippen molar-refractivity contribution in [3.05, 3.63) is 25.1 Å². The molecule has 3 heteroatoms. The normalized spacial score (nSPS) is 8.71. The highest BCUT2D eigenvalue weighted by Crippen LogP contribution is 1.78. The Morgan fingerprint density at radius 1 is 1.43 bits per heavy atom. The molecular weight excluding hydrogens is 90.1 g/mol. The van der Waals surface area contributed by atoms with Gasteiger partial charge in [-0.2, -0.15) is 5.10 Å². The topological polar surface area (TPSA) is 38.7 Å². The lowest BCUT2D eigenvalue weighted by atomic mass is 10.6. The first-order chi connectivity index (χ1) is 3.39. The van der Waals surface area contributed by atoms with Gasteiger partial charge in [0.25, 0.3) is 0 Å². The number of aromatic nitrogens is 3. The maximum absolute atomic E-state index is 3.69. The Morgan fingerprint density at radius 3 is 2.57 bits per heavy atom. The molecule has 1 rings (SSSR count). The van der Waals surface area contributed by atoms with Crippen LogP contribution in [0.15, 0.2) is 12.5 Å². The van der Waals surface area contributed by atoms with Crippen molar-refractivity contribution in [2.45, 2.75) is 0 Å². The maximum Gasteiger partial charge on any atom is 0.138 e. The predicted molar refractivity (Wildman–Crippen MR) is 24.3 cm³/mol. The molecule has 1 aromatic rings. The van der Waals surface area contributed by atoms with Crippen LogP contribution in [0.2, 0.25) is 0 Å². The van der Waals surface area contributed by atoms with Gasteiger partial charge in [0.1, 0.15) is 6.33 Å². The zero-order valence-electron chi connectivity index (χ0n) is 3.70. The van der Waals surface area contributed by atoms with Gasteiger partial charge in [-0.25, -0.2) is 4.98 Å². The van der Waals surface area contributed by atoms with E-state index < -0.39 is 0 Å². The van der Waals surface area contributed by atoms with Crippen LogP contribution in [0, 0.1) is 6.92 Å². The van der Waals surface area contributed by atoms with Gasteiger partial charge < -0.3 is 0 Å². The molecular formula is C4H4N3. The van der Waals surface area contributed by atoms with E-state index in [4.69, 9.17) is 0 Å².